The van der Waals surface area contributed by atoms with E-state index in [2.05, 4.69) is 111 Å². The fourth-order valence-electron chi connectivity index (χ4n) is 8.05. The molecule has 0 aromatic carbocycles. The predicted molar refractivity (Wildman–Crippen MR) is 314 cm³/mol. The smallest absolute Gasteiger partial charge is 0.306 e. The van der Waals surface area contributed by atoms with Gasteiger partial charge in [-0.05, 0) is 89.9 Å². The van der Waals surface area contributed by atoms with Crippen LogP contribution in [0.2, 0.25) is 0 Å². The van der Waals surface area contributed by atoms with E-state index in [0.717, 1.165) is 83.5 Å². The zero-order valence-electron chi connectivity index (χ0n) is 48.3. The number of carbonyl (C=O) groups excluding carboxylic acids is 2. The van der Waals surface area contributed by atoms with Crippen LogP contribution in [0.1, 0.15) is 245 Å². The molecule has 0 saturated heterocycles. The van der Waals surface area contributed by atoms with Crippen molar-refractivity contribution in [3.63, 3.8) is 0 Å². The number of quaternary nitrogens is 1. The molecule has 426 valence electrons. The Kier molecular flexibility index (Phi) is 52.4. The Labute approximate surface area is 455 Å². The van der Waals surface area contributed by atoms with Crippen molar-refractivity contribution in [2.24, 2.45) is 0 Å². The summed E-state index contributed by atoms with van der Waals surface area (Å²) in [5.74, 6) is -0.880. The number of hydrogen-bond donors (Lipinski definition) is 0. The quantitative estimate of drug-likeness (QED) is 0.0195. The molecule has 0 aromatic heterocycles. The Morgan fingerprint density at radius 2 is 0.730 bits per heavy atom. The molecule has 0 bridgehead atoms. The topological polar surface area (TPSA) is 111 Å². The molecule has 0 aliphatic rings. The highest BCUT2D eigenvalue weighted by Crippen LogP contribution is 2.38. The van der Waals surface area contributed by atoms with Crippen LogP contribution in [0, 0.1) is 0 Å². The van der Waals surface area contributed by atoms with Crippen molar-refractivity contribution in [3.05, 3.63) is 97.2 Å². The number of allylic oxidation sites excluding steroid dienone is 16. The summed E-state index contributed by atoms with van der Waals surface area (Å²) in [7, 11) is 1.14. The lowest BCUT2D eigenvalue weighted by Gasteiger charge is -2.28. The fraction of sp³-hybridized carbons (Fsp3) is 0.719. The minimum atomic E-state index is -4.65. The second kappa shape index (κ2) is 54.7. The second-order valence-corrected chi connectivity index (χ2v) is 22.4. The molecule has 0 saturated carbocycles. The number of nitrogens with zero attached hydrogens (tertiary/aromatic N) is 1. The van der Waals surface area contributed by atoms with Gasteiger partial charge in [0.05, 0.1) is 27.7 Å². The van der Waals surface area contributed by atoms with E-state index < -0.39 is 32.5 Å². The van der Waals surface area contributed by atoms with Crippen molar-refractivity contribution < 1.29 is 42.1 Å². The van der Waals surface area contributed by atoms with Crippen molar-refractivity contribution in [3.8, 4) is 0 Å². The monoisotopic (exact) mass is 1050 g/mol. The average molecular weight is 1050 g/mol. The van der Waals surface area contributed by atoms with Gasteiger partial charge in [0.15, 0.2) is 6.10 Å². The van der Waals surface area contributed by atoms with E-state index in [-0.39, 0.29) is 26.1 Å². The third kappa shape index (κ3) is 58.2. The molecule has 9 nitrogen and oxygen atoms in total. The first kappa shape index (κ1) is 70.9. The van der Waals surface area contributed by atoms with Crippen molar-refractivity contribution in [2.45, 2.75) is 251 Å². The molecular weight excluding hydrogens is 942 g/mol. The van der Waals surface area contributed by atoms with E-state index in [1.807, 2.05) is 21.1 Å². The van der Waals surface area contributed by atoms with Crippen LogP contribution >= 0.6 is 7.82 Å². The van der Waals surface area contributed by atoms with Gasteiger partial charge in [-0.1, -0.05) is 239 Å². The normalized spacial score (nSPS) is 14.0. The third-order valence-electron chi connectivity index (χ3n) is 12.6. The van der Waals surface area contributed by atoms with Crippen molar-refractivity contribution in [1.82, 2.24) is 0 Å². The van der Waals surface area contributed by atoms with Gasteiger partial charge in [-0.3, -0.25) is 14.2 Å². The van der Waals surface area contributed by atoms with Gasteiger partial charge in [0.1, 0.15) is 19.8 Å². The number of unbranched alkanes of at least 4 members (excludes halogenated alkanes) is 24. The first-order chi connectivity index (χ1) is 36.0. The van der Waals surface area contributed by atoms with Gasteiger partial charge in [0, 0.05) is 12.8 Å². The Bertz CT molecular complexity index is 1570. The van der Waals surface area contributed by atoms with Gasteiger partial charge in [-0.25, -0.2) is 0 Å². The standard InChI is InChI=1S/C64H112NO8P/c1-6-8-10-12-14-16-18-20-22-23-24-25-26-27-28-29-30-31-32-33-34-35-36-37-38-39-40-41-43-45-47-49-51-53-55-57-64(67)73-62(61-72-74(68,69)71-59-58-65(3,4)5)60-70-63(66)56-54-52-50-48-46-44-42-21-19-17-15-13-11-9-7-2/h8-11,14-17,20-22,24-25,42,46,48,62H,6-7,12-13,18-19,23,26-41,43-45,47,49-61H2,1-5H3/b10-8-,11-9-,16-14-,17-15-,22-20-,25-24-,42-21-,48-46-. The molecule has 0 aliphatic carbocycles. The summed E-state index contributed by atoms with van der Waals surface area (Å²) in [6.45, 7) is 3.97. The molecule has 0 aromatic rings. The average Bonchev–Trinajstić information content (AvgIpc) is 3.36. The molecule has 0 aliphatic heterocycles. The number of carbonyl (C=O) groups is 2. The largest absolute Gasteiger partial charge is 0.756 e. The third-order valence-corrected chi connectivity index (χ3v) is 13.6. The first-order valence-corrected chi connectivity index (χ1v) is 31.4. The zero-order valence-corrected chi connectivity index (χ0v) is 49.2. The van der Waals surface area contributed by atoms with Crippen LogP contribution in [0.15, 0.2) is 97.2 Å². The second-order valence-electron chi connectivity index (χ2n) is 20.9. The van der Waals surface area contributed by atoms with E-state index in [1.165, 1.54) is 122 Å². The van der Waals surface area contributed by atoms with Crippen molar-refractivity contribution in [1.29, 1.82) is 0 Å². The number of esters is 2. The summed E-state index contributed by atoms with van der Waals surface area (Å²) in [5.41, 5.74) is 0. The molecule has 0 spiro atoms. The fourth-order valence-corrected chi connectivity index (χ4v) is 8.78. The maximum Gasteiger partial charge on any atom is 0.306 e. The van der Waals surface area contributed by atoms with Crippen LogP contribution in [0.5, 0.6) is 0 Å². The highest BCUT2D eigenvalue weighted by atomic mass is 31.2. The Morgan fingerprint density at radius 1 is 0.419 bits per heavy atom. The summed E-state index contributed by atoms with van der Waals surface area (Å²) in [6, 6.07) is 0. The zero-order chi connectivity index (χ0) is 54.2. The minimum Gasteiger partial charge on any atom is -0.756 e. The Hall–Kier alpha value is -3.07. The van der Waals surface area contributed by atoms with Gasteiger partial charge in [-0.2, -0.15) is 0 Å². The molecule has 0 N–H and O–H groups in total. The van der Waals surface area contributed by atoms with E-state index in [4.69, 9.17) is 18.5 Å². The van der Waals surface area contributed by atoms with Crippen LogP contribution in [-0.4, -0.2) is 70.0 Å². The number of phosphoric acid groups is 1. The van der Waals surface area contributed by atoms with E-state index in [1.54, 1.807) is 0 Å². The van der Waals surface area contributed by atoms with Gasteiger partial charge in [0.2, 0.25) is 0 Å². The summed E-state index contributed by atoms with van der Waals surface area (Å²) >= 11 is 0. The lowest BCUT2D eigenvalue weighted by atomic mass is 10.0. The van der Waals surface area contributed by atoms with E-state index in [0.29, 0.717) is 23.9 Å². The summed E-state index contributed by atoms with van der Waals surface area (Å²) in [6.07, 6.45) is 74.9. The summed E-state index contributed by atoms with van der Waals surface area (Å²) in [4.78, 5) is 37.8. The van der Waals surface area contributed by atoms with Crippen LogP contribution in [0.3, 0.4) is 0 Å². The summed E-state index contributed by atoms with van der Waals surface area (Å²) in [5, 5.41) is 0. The number of phosphoric ester groups is 1. The van der Waals surface area contributed by atoms with Crippen LogP contribution in [-0.2, 0) is 32.7 Å². The molecule has 2 atom stereocenters. The molecule has 0 radical (unpaired) electrons. The number of ether oxygens (including phenoxy) is 2. The highest BCUT2D eigenvalue weighted by molar-refractivity contribution is 7.45. The molecule has 0 amide bonds. The first-order valence-electron chi connectivity index (χ1n) is 29.9. The molecule has 2 unspecified atom stereocenters. The molecule has 74 heavy (non-hydrogen) atoms. The molecular formula is C64H112NO8P. The Balaban J connectivity index is 4.02. The predicted octanol–water partition coefficient (Wildman–Crippen LogP) is 18.2. The maximum atomic E-state index is 12.8. The van der Waals surface area contributed by atoms with Crippen LogP contribution < -0.4 is 4.89 Å². The van der Waals surface area contributed by atoms with Gasteiger partial charge in [0.25, 0.3) is 7.82 Å². The van der Waals surface area contributed by atoms with Gasteiger partial charge in [-0.15, -0.1) is 0 Å². The SMILES string of the molecule is CC/C=C\C/C=C\C/C=C\C/C=C\CCCCCCCCCCCCCCCCCCCCCCCCC(=O)OC(COC(=O)CCCC/C=C\C/C=C\C/C=C\C/C=C\CC)COP(=O)([O-])OCC[N+](C)(C)C. The lowest BCUT2D eigenvalue weighted by molar-refractivity contribution is -0.870. The van der Waals surface area contributed by atoms with E-state index >= 15 is 0 Å². The number of hydrogen-bond acceptors (Lipinski definition) is 8. The summed E-state index contributed by atoms with van der Waals surface area (Å²) < 4.78 is 34.1. The van der Waals surface area contributed by atoms with Crippen molar-refractivity contribution in [2.75, 3.05) is 47.5 Å². The van der Waals surface area contributed by atoms with E-state index in [9.17, 15) is 19.0 Å². The van der Waals surface area contributed by atoms with Gasteiger partial charge >= 0.3 is 11.9 Å². The van der Waals surface area contributed by atoms with Crippen LogP contribution in [0.4, 0.5) is 0 Å². The highest BCUT2D eigenvalue weighted by Gasteiger charge is 2.21. The van der Waals surface area contributed by atoms with Crippen LogP contribution in [0.25, 0.3) is 0 Å². The molecule has 0 fully saturated rings. The number of rotatable bonds is 54. The Morgan fingerprint density at radius 3 is 1.11 bits per heavy atom. The lowest BCUT2D eigenvalue weighted by Crippen LogP contribution is -2.37. The number of likely N-dealkylation sites (N-methyl/N-ethyl adjacent to an activating group) is 1. The van der Waals surface area contributed by atoms with Gasteiger partial charge < -0.3 is 27.9 Å². The minimum absolute atomic E-state index is 0.0402. The molecule has 0 rings (SSSR count). The molecule has 0 heterocycles. The van der Waals surface area contributed by atoms with Crippen molar-refractivity contribution >= 4 is 19.8 Å². The molecule has 10 heteroatoms. The maximum absolute atomic E-state index is 12.8.